The average Bonchev–Trinajstić information content (AvgIpc) is 2.62. The fraction of sp³-hybridized carbons (Fsp3) is 0.316. The molecule has 0 heterocycles. The Bertz CT molecular complexity index is 652. The van der Waals surface area contributed by atoms with Crippen LogP contribution < -0.4 is 20.3 Å². The number of hydrogen-bond donors (Lipinski definition) is 2. The van der Waals surface area contributed by atoms with Gasteiger partial charge in [0, 0.05) is 36.6 Å². The van der Waals surface area contributed by atoms with Crippen LogP contribution >= 0.6 is 0 Å². The van der Waals surface area contributed by atoms with Gasteiger partial charge in [-0.2, -0.15) is 0 Å². The van der Waals surface area contributed by atoms with Crippen LogP contribution in [0, 0.1) is 0 Å². The second-order valence-electron chi connectivity index (χ2n) is 5.34. The Kier molecular flexibility index (Phi) is 6.49. The van der Waals surface area contributed by atoms with Crippen LogP contribution in [0.1, 0.15) is 19.4 Å². The number of anilines is 2. The maximum atomic E-state index is 12.0. The van der Waals surface area contributed by atoms with Crippen molar-refractivity contribution in [1.29, 1.82) is 0 Å². The van der Waals surface area contributed by atoms with E-state index < -0.39 is 0 Å². The Morgan fingerprint density at radius 3 is 2.33 bits per heavy atom. The third-order valence-corrected chi connectivity index (χ3v) is 3.89. The Morgan fingerprint density at radius 1 is 1.04 bits per heavy atom. The monoisotopic (exact) mass is 327 g/mol. The molecule has 0 radical (unpaired) electrons. The first-order valence-corrected chi connectivity index (χ1v) is 8.19. The topological polar surface area (TPSA) is 53.6 Å². The van der Waals surface area contributed by atoms with Gasteiger partial charge in [0.2, 0.25) is 0 Å². The molecule has 2 N–H and O–H groups in total. The van der Waals surface area contributed by atoms with E-state index in [4.69, 9.17) is 4.74 Å². The van der Waals surface area contributed by atoms with Gasteiger partial charge in [-0.1, -0.05) is 18.2 Å². The molecule has 128 valence electrons. The third-order valence-electron chi connectivity index (χ3n) is 3.89. The lowest BCUT2D eigenvalue weighted by Crippen LogP contribution is -2.28. The summed E-state index contributed by atoms with van der Waals surface area (Å²) >= 11 is 0. The highest BCUT2D eigenvalue weighted by atomic mass is 16.5. The van der Waals surface area contributed by atoms with E-state index in [1.165, 1.54) is 0 Å². The fourth-order valence-corrected chi connectivity index (χ4v) is 2.54. The van der Waals surface area contributed by atoms with Gasteiger partial charge in [-0.15, -0.1) is 0 Å². The number of ether oxygens (including phenoxy) is 1. The smallest absolute Gasteiger partial charge is 0.319 e. The van der Waals surface area contributed by atoms with Crippen LogP contribution in [0.4, 0.5) is 16.2 Å². The van der Waals surface area contributed by atoms with Gasteiger partial charge in [0.05, 0.1) is 7.11 Å². The van der Waals surface area contributed by atoms with Crippen molar-refractivity contribution >= 4 is 17.4 Å². The van der Waals surface area contributed by atoms with Gasteiger partial charge in [0.15, 0.2) is 0 Å². The maximum Gasteiger partial charge on any atom is 0.319 e. The van der Waals surface area contributed by atoms with E-state index in [-0.39, 0.29) is 6.03 Å². The molecule has 0 unspecified atom stereocenters. The summed E-state index contributed by atoms with van der Waals surface area (Å²) in [5, 5.41) is 5.68. The van der Waals surface area contributed by atoms with E-state index in [0.29, 0.717) is 6.54 Å². The lowest BCUT2D eigenvalue weighted by atomic mass is 10.2. The number of methoxy groups -OCH3 is 1. The van der Waals surface area contributed by atoms with E-state index in [1.54, 1.807) is 7.11 Å². The first-order valence-electron chi connectivity index (χ1n) is 8.19. The number of nitrogens with zero attached hydrogens (tertiary/aromatic N) is 1. The van der Waals surface area contributed by atoms with Crippen molar-refractivity contribution in [2.45, 2.75) is 20.4 Å². The summed E-state index contributed by atoms with van der Waals surface area (Å²) in [7, 11) is 1.62. The molecule has 0 saturated carbocycles. The average molecular weight is 327 g/mol. The molecule has 0 atom stereocenters. The minimum absolute atomic E-state index is 0.239. The molecule has 2 aromatic carbocycles. The predicted molar refractivity (Wildman–Crippen MR) is 98.9 cm³/mol. The molecule has 0 aliphatic rings. The number of carbonyl (C=O) groups excluding carboxylic acids is 1. The lowest BCUT2D eigenvalue weighted by molar-refractivity contribution is 0.251. The Labute approximate surface area is 143 Å². The molecule has 2 rings (SSSR count). The summed E-state index contributed by atoms with van der Waals surface area (Å²) < 4.78 is 5.28. The Morgan fingerprint density at radius 2 is 1.71 bits per heavy atom. The number of hydrogen-bond acceptors (Lipinski definition) is 3. The van der Waals surface area contributed by atoms with E-state index in [2.05, 4.69) is 29.4 Å². The maximum absolute atomic E-state index is 12.0. The molecule has 0 aliphatic heterocycles. The van der Waals surface area contributed by atoms with Gasteiger partial charge in [-0.05, 0) is 44.2 Å². The highest BCUT2D eigenvalue weighted by molar-refractivity contribution is 5.89. The van der Waals surface area contributed by atoms with Gasteiger partial charge in [-0.25, -0.2) is 4.79 Å². The molecule has 24 heavy (non-hydrogen) atoms. The molecule has 0 spiro atoms. The number of carbonyl (C=O) groups is 1. The van der Waals surface area contributed by atoms with Crippen molar-refractivity contribution in [3.63, 3.8) is 0 Å². The normalized spacial score (nSPS) is 10.1. The van der Waals surface area contributed by atoms with Crippen LogP contribution in [0.15, 0.2) is 48.5 Å². The van der Waals surface area contributed by atoms with Crippen LogP contribution in [0.25, 0.3) is 0 Å². The second-order valence-corrected chi connectivity index (χ2v) is 5.34. The zero-order valence-electron chi connectivity index (χ0n) is 14.5. The first-order chi connectivity index (χ1) is 11.7. The summed E-state index contributed by atoms with van der Waals surface area (Å²) in [6.45, 7) is 6.58. The zero-order valence-corrected chi connectivity index (χ0v) is 14.5. The van der Waals surface area contributed by atoms with Crippen molar-refractivity contribution in [3.05, 3.63) is 54.1 Å². The molecule has 2 aromatic rings. The van der Waals surface area contributed by atoms with Crippen LogP contribution in [-0.4, -0.2) is 26.2 Å². The highest BCUT2D eigenvalue weighted by Crippen LogP contribution is 2.18. The second kappa shape index (κ2) is 8.82. The lowest BCUT2D eigenvalue weighted by Gasteiger charge is -2.21. The standard InChI is InChI=1S/C19H25N3O2/c1-4-22(5-2)17-12-10-16(11-13-17)21-19(23)20-14-15-8-6-7-9-18(15)24-3/h6-13H,4-5,14H2,1-3H3,(H2,20,21,23). The molecule has 0 aromatic heterocycles. The number of rotatable bonds is 7. The SMILES string of the molecule is CCN(CC)c1ccc(NC(=O)NCc2ccccc2OC)cc1. The van der Waals surface area contributed by atoms with E-state index >= 15 is 0 Å². The van der Waals surface area contributed by atoms with Crippen molar-refractivity contribution in [3.8, 4) is 5.75 Å². The quantitative estimate of drug-likeness (QED) is 0.812. The number of benzene rings is 2. The first kappa shape index (κ1) is 17.7. The largest absolute Gasteiger partial charge is 0.496 e. The Hall–Kier alpha value is -2.69. The molecular weight excluding hydrogens is 302 g/mol. The van der Waals surface area contributed by atoms with Crippen LogP contribution in [0.3, 0.4) is 0 Å². The van der Waals surface area contributed by atoms with Gasteiger partial charge in [0.25, 0.3) is 0 Å². The van der Waals surface area contributed by atoms with Gasteiger partial charge < -0.3 is 20.3 Å². The summed E-state index contributed by atoms with van der Waals surface area (Å²) in [5.41, 5.74) is 2.86. The van der Waals surface area contributed by atoms with E-state index in [1.807, 2.05) is 48.5 Å². The van der Waals surface area contributed by atoms with Gasteiger partial charge >= 0.3 is 6.03 Å². The number of amides is 2. The molecule has 0 aliphatic carbocycles. The summed E-state index contributed by atoms with van der Waals surface area (Å²) in [6, 6.07) is 15.2. The van der Waals surface area contributed by atoms with Crippen LogP contribution in [-0.2, 0) is 6.54 Å². The Balaban J connectivity index is 1.90. The molecule has 0 saturated heterocycles. The minimum Gasteiger partial charge on any atom is -0.496 e. The number of urea groups is 1. The minimum atomic E-state index is -0.239. The van der Waals surface area contributed by atoms with Crippen molar-refractivity contribution in [1.82, 2.24) is 5.32 Å². The highest BCUT2D eigenvalue weighted by Gasteiger charge is 2.06. The number of nitrogens with one attached hydrogen (secondary N) is 2. The number of para-hydroxylation sites is 1. The summed E-state index contributed by atoms with van der Waals surface area (Å²) in [4.78, 5) is 14.3. The van der Waals surface area contributed by atoms with E-state index in [9.17, 15) is 4.79 Å². The van der Waals surface area contributed by atoms with Crippen LogP contribution in [0.2, 0.25) is 0 Å². The molecule has 2 amide bonds. The predicted octanol–water partition coefficient (Wildman–Crippen LogP) is 3.86. The van der Waals surface area contributed by atoms with Crippen molar-refractivity contribution < 1.29 is 9.53 Å². The molecule has 0 fully saturated rings. The summed E-state index contributed by atoms with van der Waals surface area (Å²) in [6.07, 6.45) is 0. The zero-order chi connectivity index (χ0) is 17.4. The molecule has 0 bridgehead atoms. The van der Waals surface area contributed by atoms with E-state index in [0.717, 1.165) is 35.8 Å². The van der Waals surface area contributed by atoms with Gasteiger partial charge in [0.1, 0.15) is 5.75 Å². The van der Waals surface area contributed by atoms with Crippen molar-refractivity contribution in [2.24, 2.45) is 0 Å². The fourth-order valence-electron chi connectivity index (χ4n) is 2.54. The van der Waals surface area contributed by atoms with Crippen molar-refractivity contribution in [2.75, 3.05) is 30.4 Å². The molecule has 5 nitrogen and oxygen atoms in total. The van der Waals surface area contributed by atoms with Gasteiger partial charge in [-0.3, -0.25) is 0 Å². The third kappa shape index (κ3) is 4.65. The molecular formula is C19H25N3O2. The summed E-state index contributed by atoms with van der Waals surface area (Å²) in [5.74, 6) is 0.765. The van der Waals surface area contributed by atoms with Crippen LogP contribution in [0.5, 0.6) is 5.75 Å². The molecule has 5 heteroatoms.